The number of pyridine rings is 1. The topological polar surface area (TPSA) is 85.8 Å². The fourth-order valence-corrected chi connectivity index (χ4v) is 2.70. The normalized spacial score (nSPS) is 16.8. The van der Waals surface area contributed by atoms with Crippen molar-refractivity contribution in [2.75, 3.05) is 0 Å². The molecule has 2 aromatic heterocycles. The third kappa shape index (κ3) is 2.95. The Hall–Kier alpha value is -2.21. The minimum Gasteiger partial charge on any atom is -0.350 e. The molecule has 0 atom stereocenters. The zero-order valence-electron chi connectivity index (χ0n) is 11.8. The molecule has 1 saturated carbocycles. The molecule has 0 bridgehead atoms. The van der Waals surface area contributed by atoms with Gasteiger partial charge in [-0.15, -0.1) is 0 Å². The molecule has 1 fully saturated rings. The van der Waals surface area contributed by atoms with Gasteiger partial charge in [-0.05, 0) is 30.5 Å². The summed E-state index contributed by atoms with van der Waals surface area (Å²) in [7, 11) is 0. The smallest absolute Gasteiger partial charge is 0.240 e. The summed E-state index contributed by atoms with van der Waals surface area (Å²) in [5, 5.41) is 2.94. The molecule has 6 nitrogen and oxygen atoms in total. The third-order valence-electron chi connectivity index (χ3n) is 3.98. The zero-order chi connectivity index (χ0) is 14.7. The number of amides is 1. The second-order valence-corrected chi connectivity index (χ2v) is 5.54. The van der Waals surface area contributed by atoms with E-state index in [4.69, 9.17) is 5.73 Å². The summed E-state index contributed by atoms with van der Waals surface area (Å²) in [6.07, 6.45) is 10.6. The van der Waals surface area contributed by atoms with Gasteiger partial charge in [-0.3, -0.25) is 9.36 Å². The fraction of sp³-hybridized carbons (Fsp3) is 0.400. The van der Waals surface area contributed by atoms with Crippen LogP contribution in [-0.2, 0) is 11.3 Å². The van der Waals surface area contributed by atoms with Crippen molar-refractivity contribution in [2.45, 2.75) is 37.8 Å². The highest BCUT2D eigenvalue weighted by Crippen LogP contribution is 2.27. The molecule has 0 unspecified atom stereocenters. The summed E-state index contributed by atoms with van der Waals surface area (Å²) >= 11 is 0. The van der Waals surface area contributed by atoms with E-state index in [1.807, 2.05) is 22.9 Å². The van der Waals surface area contributed by atoms with Gasteiger partial charge in [-0.25, -0.2) is 9.97 Å². The Morgan fingerprint density at radius 2 is 2.19 bits per heavy atom. The highest BCUT2D eigenvalue weighted by atomic mass is 16.2. The van der Waals surface area contributed by atoms with Crippen molar-refractivity contribution in [3.05, 3.63) is 42.6 Å². The first-order valence-corrected chi connectivity index (χ1v) is 7.18. The Labute approximate surface area is 123 Å². The molecular formula is C15H19N5O. The molecule has 1 amide bonds. The van der Waals surface area contributed by atoms with Crippen molar-refractivity contribution in [3.8, 4) is 5.82 Å². The molecule has 3 N–H and O–H groups in total. The quantitative estimate of drug-likeness (QED) is 0.882. The van der Waals surface area contributed by atoms with Crippen molar-refractivity contribution in [3.63, 3.8) is 0 Å². The van der Waals surface area contributed by atoms with Gasteiger partial charge in [0.2, 0.25) is 5.91 Å². The van der Waals surface area contributed by atoms with Crippen LogP contribution in [-0.4, -0.2) is 26.0 Å². The van der Waals surface area contributed by atoms with Gasteiger partial charge in [-0.1, -0.05) is 12.8 Å². The van der Waals surface area contributed by atoms with E-state index in [-0.39, 0.29) is 5.91 Å². The number of hydrogen-bond acceptors (Lipinski definition) is 4. The maximum absolute atomic E-state index is 12.2. The van der Waals surface area contributed by atoms with Crippen LogP contribution in [0.1, 0.15) is 31.2 Å². The molecular weight excluding hydrogens is 266 g/mol. The summed E-state index contributed by atoms with van der Waals surface area (Å²) in [4.78, 5) is 20.5. The SMILES string of the molecule is NC1(C(=O)NCc2ccnc(-n3ccnc3)c2)CCCC1. The van der Waals surface area contributed by atoms with Crippen molar-refractivity contribution in [1.29, 1.82) is 0 Å². The van der Waals surface area contributed by atoms with E-state index in [1.165, 1.54) is 0 Å². The number of nitrogens with two attached hydrogens (primary N) is 1. The molecule has 0 saturated heterocycles. The van der Waals surface area contributed by atoms with Crippen LogP contribution in [0.25, 0.3) is 5.82 Å². The Morgan fingerprint density at radius 1 is 1.38 bits per heavy atom. The lowest BCUT2D eigenvalue weighted by molar-refractivity contribution is -0.126. The van der Waals surface area contributed by atoms with Crippen LogP contribution in [0.5, 0.6) is 0 Å². The first-order valence-electron chi connectivity index (χ1n) is 7.18. The highest BCUT2D eigenvalue weighted by molar-refractivity contribution is 5.86. The van der Waals surface area contributed by atoms with Gasteiger partial charge in [0.15, 0.2) is 0 Å². The molecule has 1 aliphatic rings. The van der Waals surface area contributed by atoms with Gasteiger partial charge in [0.05, 0.1) is 5.54 Å². The van der Waals surface area contributed by atoms with Crippen LogP contribution in [0.4, 0.5) is 0 Å². The summed E-state index contributed by atoms with van der Waals surface area (Å²) in [6.45, 7) is 0.460. The van der Waals surface area contributed by atoms with Crippen LogP contribution in [0, 0.1) is 0 Å². The van der Waals surface area contributed by atoms with Crippen LogP contribution in [0.15, 0.2) is 37.1 Å². The molecule has 1 aliphatic carbocycles. The Kier molecular flexibility index (Phi) is 3.70. The van der Waals surface area contributed by atoms with Gasteiger partial charge in [-0.2, -0.15) is 0 Å². The molecule has 2 aromatic rings. The van der Waals surface area contributed by atoms with E-state index >= 15 is 0 Å². The average Bonchev–Trinajstić information content (AvgIpc) is 3.17. The molecule has 0 aromatic carbocycles. The van der Waals surface area contributed by atoms with Crippen LogP contribution in [0.3, 0.4) is 0 Å². The van der Waals surface area contributed by atoms with Gasteiger partial charge in [0, 0.05) is 25.1 Å². The lowest BCUT2D eigenvalue weighted by Gasteiger charge is -2.22. The molecule has 0 aliphatic heterocycles. The minimum absolute atomic E-state index is 0.0546. The minimum atomic E-state index is -0.680. The molecule has 3 rings (SSSR count). The van der Waals surface area contributed by atoms with E-state index in [0.29, 0.717) is 6.54 Å². The summed E-state index contributed by atoms with van der Waals surface area (Å²) in [5.74, 6) is 0.726. The van der Waals surface area contributed by atoms with E-state index in [0.717, 1.165) is 37.1 Å². The molecule has 21 heavy (non-hydrogen) atoms. The van der Waals surface area contributed by atoms with Crippen LogP contribution in [0.2, 0.25) is 0 Å². The third-order valence-corrected chi connectivity index (χ3v) is 3.98. The Morgan fingerprint density at radius 3 is 2.90 bits per heavy atom. The van der Waals surface area contributed by atoms with Crippen LogP contribution < -0.4 is 11.1 Å². The van der Waals surface area contributed by atoms with Crippen molar-refractivity contribution < 1.29 is 4.79 Å². The summed E-state index contributed by atoms with van der Waals surface area (Å²) in [5.41, 5.74) is 6.45. The first-order chi connectivity index (χ1) is 10.2. The first kappa shape index (κ1) is 13.8. The van der Waals surface area contributed by atoms with E-state index in [1.54, 1.807) is 18.7 Å². The van der Waals surface area contributed by atoms with Crippen molar-refractivity contribution in [2.24, 2.45) is 5.73 Å². The monoisotopic (exact) mass is 285 g/mol. The zero-order valence-corrected chi connectivity index (χ0v) is 11.8. The number of carbonyl (C=O) groups is 1. The van der Waals surface area contributed by atoms with Gasteiger partial charge in [0.1, 0.15) is 12.1 Å². The molecule has 0 radical (unpaired) electrons. The maximum atomic E-state index is 12.2. The molecule has 6 heteroatoms. The lowest BCUT2D eigenvalue weighted by atomic mass is 9.98. The summed E-state index contributed by atoms with van der Waals surface area (Å²) in [6, 6.07) is 3.82. The average molecular weight is 285 g/mol. The van der Waals surface area contributed by atoms with E-state index in [9.17, 15) is 4.79 Å². The van der Waals surface area contributed by atoms with E-state index in [2.05, 4.69) is 15.3 Å². The molecule has 110 valence electrons. The predicted molar refractivity (Wildman–Crippen MR) is 78.6 cm³/mol. The van der Waals surface area contributed by atoms with Crippen molar-refractivity contribution >= 4 is 5.91 Å². The van der Waals surface area contributed by atoms with Crippen LogP contribution >= 0.6 is 0 Å². The Balaban J connectivity index is 1.66. The van der Waals surface area contributed by atoms with Gasteiger partial charge in [0.25, 0.3) is 0 Å². The number of rotatable bonds is 4. The summed E-state index contributed by atoms with van der Waals surface area (Å²) < 4.78 is 1.83. The second kappa shape index (κ2) is 5.65. The number of nitrogens with one attached hydrogen (secondary N) is 1. The lowest BCUT2D eigenvalue weighted by Crippen LogP contribution is -2.51. The predicted octanol–water partition coefficient (Wildman–Crippen LogP) is 1.15. The van der Waals surface area contributed by atoms with E-state index < -0.39 is 5.54 Å². The number of nitrogens with zero attached hydrogens (tertiary/aromatic N) is 3. The standard InChI is InChI=1S/C15H19N5O/c16-15(4-1-2-5-15)14(21)19-10-12-3-6-18-13(9-12)20-8-7-17-11-20/h3,6-9,11H,1-2,4-5,10,16H2,(H,19,21). The molecule has 0 spiro atoms. The van der Waals surface area contributed by atoms with Crippen molar-refractivity contribution in [1.82, 2.24) is 19.9 Å². The number of hydrogen-bond donors (Lipinski definition) is 2. The number of imidazole rings is 1. The second-order valence-electron chi connectivity index (χ2n) is 5.54. The Bertz CT molecular complexity index is 617. The largest absolute Gasteiger partial charge is 0.350 e. The highest BCUT2D eigenvalue weighted by Gasteiger charge is 2.36. The maximum Gasteiger partial charge on any atom is 0.240 e. The van der Waals surface area contributed by atoms with Gasteiger partial charge < -0.3 is 11.1 Å². The fourth-order valence-electron chi connectivity index (χ4n) is 2.70. The number of carbonyl (C=O) groups excluding carboxylic acids is 1. The molecule has 2 heterocycles. The number of aromatic nitrogens is 3. The van der Waals surface area contributed by atoms with Gasteiger partial charge >= 0.3 is 0 Å².